The normalized spacial score (nSPS) is 11.9. The fourth-order valence-corrected chi connectivity index (χ4v) is 6.39. The second-order valence-electron chi connectivity index (χ2n) is 11.1. The van der Waals surface area contributed by atoms with Gasteiger partial charge in [0.2, 0.25) is 0 Å². The molecule has 8 aromatic carbocycles. The molecule has 9 rings (SSSR count). The Bertz CT molecular complexity index is 2280. The molecule has 0 amide bonds. The highest BCUT2D eigenvalue weighted by Gasteiger charge is 2.12. The molecular formula is C40H24O. The lowest BCUT2D eigenvalue weighted by Gasteiger charge is -2.07. The van der Waals surface area contributed by atoms with Crippen LogP contribution in [-0.2, 0) is 0 Å². The van der Waals surface area contributed by atoms with Gasteiger partial charge in [-0.15, -0.1) is 0 Å². The Morgan fingerprint density at radius 1 is 0.268 bits per heavy atom. The third kappa shape index (κ3) is 3.63. The average Bonchev–Trinajstić information content (AvgIpc) is 3.36. The Morgan fingerprint density at radius 2 is 0.659 bits per heavy atom. The van der Waals surface area contributed by atoms with E-state index in [4.69, 9.17) is 4.42 Å². The molecule has 41 heavy (non-hydrogen) atoms. The van der Waals surface area contributed by atoms with Crippen LogP contribution in [0.25, 0.3) is 87.3 Å². The summed E-state index contributed by atoms with van der Waals surface area (Å²) in [5.41, 5.74) is 6.79. The molecule has 0 unspecified atom stereocenters. The van der Waals surface area contributed by atoms with Gasteiger partial charge in [-0.25, -0.2) is 0 Å². The lowest BCUT2D eigenvalue weighted by molar-refractivity contribution is 0.670. The average molecular weight is 521 g/mol. The van der Waals surface area contributed by atoms with Crippen LogP contribution in [0.4, 0.5) is 0 Å². The smallest absolute Gasteiger partial charge is 0.136 e. The molecule has 1 nitrogen and oxygen atoms in total. The zero-order valence-electron chi connectivity index (χ0n) is 22.3. The van der Waals surface area contributed by atoms with E-state index in [9.17, 15) is 0 Å². The van der Waals surface area contributed by atoms with Crippen LogP contribution in [0.5, 0.6) is 0 Å². The molecule has 190 valence electrons. The molecule has 0 atom stereocenters. The molecule has 0 fully saturated rings. The van der Waals surface area contributed by atoms with E-state index in [-0.39, 0.29) is 0 Å². The number of hydrogen-bond acceptors (Lipinski definition) is 1. The van der Waals surface area contributed by atoms with Crippen LogP contribution in [0, 0.1) is 0 Å². The molecule has 9 aromatic rings. The first-order valence-corrected chi connectivity index (χ1v) is 14.1. The molecule has 0 N–H and O–H groups in total. The fourth-order valence-electron chi connectivity index (χ4n) is 6.39. The second kappa shape index (κ2) is 8.55. The zero-order chi connectivity index (χ0) is 26.9. The summed E-state index contributed by atoms with van der Waals surface area (Å²) >= 11 is 0. The third-order valence-electron chi connectivity index (χ3n) is 8.51. The Balaban J connectivity index is 1.21. The van der Waals surface area contributed by atoms with Crippen molar-refractivity contribution in [2.45, 2.75) is 0 Å². The van der Waals surface area contributed by atoms with E-state index >= 15 is 0 Å². The molecule has 1 aromatic heterocycles. The first kappa shape index (κ1) is 22.4. The topological polar surface area (TPSA) is 13.1 Å². The summed E-state index contributed by atoms with van der Waals surface area (Å²) < 4.78 is 6.48. The Hall–Kier alpha value is -5.40. The highest BCUT2D eigenvalue weighted by molar-refractivity contribution is 6.16. The highest BCUT2D eigenvalue weighted by Crippen LogP contribution is 2.38. The van der Waals surface area contributed by atoms with Crippen LogP contribution in [-0.4, -0.2) is 0 Å². The summed E-state index contributed by atoms with van der Waals surface area (Å²) in [6, 6.07) is 52.8. The van der Waals surface area contributed by atoms with Crippen molar-refractivity contribution >= 4 is 65.0 Å². The van der Waals surface area contributed by atoms with Gasteiger partial charge in [0, 0.05) is 10.8 Å². The Morgan fingerprint density at radius 3 is 1.12 bits per heavy atom. The third-order valence-corrected chi connectivity index (χ3v) is 8.51. The molecule has 0 aliphatic heterocycles. The molecule has 0 saturated heterocycles. The van der Waals surface area contributed by atoms with E-state index in [0.29, 0.717) is 0 Å². The van der Waals surface area contributed by atoms with Gasteiger partial charge < -0.3 is 4.42 Å². The quantitative estimate of drug-likeness (QED) is 0.207. The van der Waals surface area contributed by atoms with E-state index in [1.807, 2.05) is 0 Å². The summed E-state index contributed by atoms with van der Waals surface area (Å²) in [7, 11) is 0. The van der Waals surface area contributed by atoms with Crippen molar-refractivity contribution in [3.8, 4) is 22.3 Å². The molecule has 0 bridgehead atoms. The van der Waals surface area contributed by atoms with Crippen LogP contribution >= 0.6 is 0 Å². The summed E-state index contributed by atoms with van der Waals surface area (Å²) in [4.78, 5) is 0. The maximum absolute atomic E-state index is 6.48. The highest BCUT2D eigenvalue weighted by atomic mass is 16.3. The van der Waals surface area contributed by atoms with Crippen molar-refractivity contribution in [1.82, 2.24) is 0 Å². The standard InChI is InChI=1S/C40H24O/c1-3-7-25(8-4-1)27-11-13-29-17-33-21-37-38-22-34-18-30-14-12-28(26-9-5-2-6-10-26)16-32(30)20-36(34)24-40(38)41-39(37)23-35(33)19-31(29)15-27/h1-24H. The number of hydrogen-bond donors (Lipinski definition) is 0. The maximum atomic E-state index is 6.48. The summed E-state index contributed by atoms with van der Waals surface area (Å²) in [6.07, 6.45) is 0. The summed E-state index contributed by atoms with van der Waals surface area (Å²) in [6.45, 7) is 0. The molecule has 0 aliphatic rings. The van der Waals surface area contributed by atoms with Gasteiger partial charge in [-0.2, -0.15) is 0 Å². The minimum Gasteiger partial charge on any atom is -0.456 e. The molecular weight excluding hydrogens is 496 g/mol. The van der Waals surface area contributed by atoms with E-state index in [2.05, 4.69) is 146 Å². The minimum absolute atomic E-state index is 0.928. The zero-order valence-corrected chi connectivity index (χ0v) is 22.3. The molecule has 0 radical (unpaired) electrons. The van der Waals surface area contributed by atoms with Crippen LogP contribution in [0.1, 0.15) is 0 Å². The molecule has 0 spiro atoms. The first-order chi connectivity index (χ1) is 20.2. The van der Waals surface area contributed by atoms with E-state index in [1.165, 1.54) is 65.3 Å². The van der Waals surface area contributed by atoms with Gasteiger partial charge in [-0.3, -0.25) is 0 Å². The number of furan rings is 1. The van der Waals surface area contributed by atoms with E-state index < -0.39 is 0 Å². The van der Waals surface area contributed by atoms with Crippen molar-refractivity contribution in [3.63, 3.8) is 0 Å². The van der Waals surface area contributed by atoms with Crippen LogP contribution < -0.4 is 0 Å². The van der Waals surface area contributed by atoms with E-state index in [1.54, 1.807) is 0 Å². The van der Waals surface area contributed by atoms with Crippen molar-refractivity contribution in [2.24, 2.45) is 0 Å². The van der Waals surface area contributed by atoms with Crippen molar-refractivity contribution < 1.29 is 4.42 Å². The largest absolute Gasteiger partial charge is 0.456 e. The number of benzene rings is 8. The maximum Gasteiger partial charge on any atom is 0.136 e. The Labute approximate surface area is 236 Å². The summed E-state index contributed by atoms with van der Waals surface area (Å²) in [5, 5.41) is 12.1. The fraction of sp³-hybridized carbons (Fsp3) is 0. The monoisotopic (exact) mass is 520 g/mol. The first-order valence-electron chi connectivity index (χ1n) is 14.1. The lowest BCUT2D eigenvalue weighted by Crippen LogP contribution is -1.81. The summed E-state index contributed by atoms with van der Waals surface area (Å²) in [5.74, 6) is 0. The van der Waals surface area contributed by atoms with E-state index in [0.717, 1.165) is 21.9 Å². The van der Waals surface area contributed by atoms with Crippen molar-refractivity contribution in [2.75, 3.05) is 0 Å². The van der Waals surface area contributed by atoms with Crippen LogP contribution in [0.3, 0.4) is 0 Å². The van der Waals surface area contributed by atoms with Gasteiger partial charge in [-0.1, -0.05) is 84.9 Å². The minimum atomic E-state index is 0.928. The second-order valence-corrected chi connectivity index (χ2v) is 11.1. The van der Waals surface area contributed by atoms with Gasteiger partial charge in [0.1, 0.15) is 11.2 Å². The van der Waals surface area contributed by atoms with Gasteiger partial charge >= 0.3 is 0 Å². The number of fused-ring (bicyclic) bond motifs is 7. The van der Waals surface area contributed by atoms with Gasteiger partial charge in [0.05, 0.1) is 0 Å². The number of rotatable bonds is 2. The molecule has 0 aliphatic carbocycles. The van der Waals surface area contributed by atoms with Gasteiger partial charge in [0.15, 0.2) is 0 Å². The molecule has 0 saturated carbocycles. The van der Waals surface area contributed by atoms with Gasteiger partial charge in [-0.05, 0) is 126 Å². The lowest BCUT2D eigenvalue weighted by atomic mass is 9.96. The Kier molecular flexibility index (Phi) is 4.67. The van der Waals surface area contributed by atoms with Gasteiger partial charge in [0.25, 0.3) is 0 Å². The van der Waals surface area contributed by atoms with Crippen molar-refractivity contribution in [1.29, 1.82) is 0 Å². The SMILES string of the molecule is c1ccc(-c2ccc3cc4cc5c(cc4cc3c2)oc2cc3cc4cc(-c6ccccc6)ccc4cc3cc25)cc1. The molecule has 1 heteroatoms. The molecule has 1 heterocycles. The predicted molar refractivity (Wildman–Crippen MR) is 175 cm³/mol. The van der Waals surface area contributed by atoms with Crippen LogP contribution in [0.15, 0.2) is 150 Å². The van der Waals surface area contributed by atoms with Crippen molar-refractivity contribution in [3.05, 3.63) is 146 Å². The van der Waals surface area contributed by atoms with Crippen LogP contribution in [0.2, 0.25) is 0 Å². The predicted octanol–water partition coefficient (Wildman–Crippen LogP) is 11.5.